The normalized spacial score (nSPS) is 10.3. The number of ether oxygens (including phenoxy) is 1. The lowest BCUT2D eigenvalue weighted by Gasteiger charge is -2.13. The Morgan fingerprint density at radius 1 is 1.16 bits per heavy atom. The zero-order valence-corrected chi connectivity index (χ0v) is 13.9. The molecule has 0 fully saturated rings. The molecule has 2 nitrogen and oxygen atoms in total. The Bertz CT molecular complexity index is 590. The first-order valence-corrected chi connectivity index (χ1v) is 7.45. The van der Waals surface area contributed by atoms with Crippen molar-refractivity contribution in [2.45, 2.75) is 6.54 Å². The second-order valence-corrected chi connectivity index (χ2v) is 5.96. The summed E-state index contributed by atoms with van der Waals surface area (Å²) in [7, 11) is 1.63. The summed E-state index contributed by atoms with van der Waals surface area (Å²) in [5.74, 6) is 0.765. The first-order chi connectivity index (χ1) is 9.11. The number of hydrogen-bond acceptors (Lipinski definition) is 2. The molecule has 0 aliphatic carbocycles. The lowest BCUT2D eigenvalue weighted by atomic mass is 10.2. The van der Waals surface area contributed by atoms with Gasteiger partial charge in [0.1, 0.15) is 5.75 Å². The summed E-state index contributed by atoms with van der Waals surface area (Å²) in [4.78, 5) is 0. The Balaban J connectivity index is 2.19. The van der Waals surface area contributed by atoms with Crippen LogP contribution in [0.2, 0.25) is 10.0 Å². The van der Waals surface area contributed by atoms with Gasteiger partial charge in [-0.2, -0.15) is 0 Å². The number of rotatable bonds is 4. The van der Waals surface area contributed by atoms with Crippen LogP contribution >= 0.6 is 45.8 Å². The maximum absolute atomic E-state index is 6.19. The van der Waals surface area contributed by atoms with Crippen molar-refractivity contribution in [2.75, 3.05) is 12.4 Å². The largest absolute Gasteiger partial charge is 0.496 e. The molecule has 1 N–H and O–H groups in total. The van der Waals surface area contributed by atoms with E-state index in [-0.39, 0.29) is 0 Å². The van der Waals surface area contributed by atoms with Crippen molar-refractivity contribution >= 4 is 51.5 Å². The second-order valence-electron chi connectivity index (χ2n) is 3.90. The Hall–Kier alpha value is -0.650. The SMILES string of the molecule is COc1cccc(Cl)c1CNc1ccc(I)cc1Cl. The standard InChI is InChI=1S/C14H12Cl2INO/c1-19-14-4-2-3-11(15)10(14)8-18-13-6-5-9(17)7-12(13)16/h2-7,18H,8H2,1H3. The van der Waals surface area contributed by atoms with Crippen molar-refractivity contribution in [3.05, 3.63) is 55.6 Å². The lowest BCUT2D eigenvalue weighted by molar-refractivity contribution is 0.410. The minimum atomic E-state index is 0.559. The van der Waals surface area contributed by atoms with Crippen molar-refractivity contribution < 1.29 is 4.74 Å². The third-order valence-electron chi connectivity index (χ3n) is 2.68. The third kappa shape index (κ3) is 3.68. The quantitative estimate of drug-likeness (QED) is 0.701. The van der Waals surface area contributed by atoms with Gasteiger partial charge in [-0.15, -0.1) is 0 Å². The van der Waals surface area contributed by atoms with Crippen LogP contribution in [0.3, 0.4) is 0 Å². The van der Waals surface area contributed by atoms with Gasteiger partial charge in [-0.05, 0) is 52.9 Å². The maximum Gasteiger partial charge on any atom is 0.125 e. The highest BCUT2D eigenvalue weighted by Crippen LogP contribution is 2.29. The van der Waals surface area contributed by atoms with Gasteiger partial charge in [0, 0.05) is 20.7 Å². The summed E-state index contributed by atoms with van der Waals surface area (Å²) in [5.41, 5.74) is 1.80. The summed E-state index contributed by atoms with van der Waals surface area (Å²) in [6.07, 6.45) is 0. The van der Waals surface area contributed by atoms with E-state index in [4.69, 9.17) is 27.9 Å². The van der Waals surface area contributed by atoms with Gasteiger partial charge >= 0.3 is 0 Å². The molecule has 0 saturated carbocycles. The van der Waals surface area contributed by atoms with Crippen LogP contribution in [0.1, 0.15) is 5.56 Å². The Morgan fingerprint density at radius 3 is 2.63 bits per heavy atom. The van der Waals surface area contributed by atoms with Crippen molar-refractivity contribution in [3.63, 3.8) is 0 Å². The van der Waals surface area contributed by atoms with E-state index in [1.165, 1.54) is 0 Å². The van der Waals surface area contributed by atoms with E-state index in [0.717, 1.165) is 20.6 Å². The fourth-order valence-corrected chi connectivity index (χ4v) is 2.87. The van der Waals surface area contributed by atoms with Gasteiger partial charge in [-0.1, -0.05) is 29.3 Å². The Kier molecular flexibility index (Phi) is 5.19. The zero-order chi connectivity index (χ0) is 13.8. The fourth-order valence-electron chi connectivity index (χ4n) is 1.72. The number of benzene rings is 2. The van der Waals surface area contributed by atoms with E-state index < -0.39 is 0 Å². The number of methoxy groups -OCH3 is 1. The van der Waals surface area contributed by atoms with Gasteiger partial charge in [0.15, 0.2) is 0 Å². The Labute approximate surface area is 136 Å². The van der Waals surface area contributed by atoms with Gasteiger partial charge in [0.25, 0.3) is 0 Å². The molecule has 2 aromatic rings. The minimum absolute atomic E-state index is 0.559. The molecular formula is C14H12Cl2INO. The van der Waals surface area contributed by atoms with Gasteiger partial charge in [0.2, 0.25) is 0 Å². The van der Waals surface area contributed by atoms with Gasteiger partial charge < -0.3 is 10.1 Å². The molecule has 0 atom stereocenters. The smallest absolute Gasteiger partial charge is 0.125 e. The van der Waals surface area contributed by atoms with Crippen molar-refractivity contribution in [3.8, 4) is 5.75 Å². The summed E-state index contributed by atoms with van der Waals surface area (Å²) < 4.78 is 6.41. The molecule has 0 saturated heterocycles. The zero-order valence-electron chi connectivity index (χ0n) is 10.2. The molecule has 2 rings (SSSR count). The van der Waals surface area contributed by atoms with Crippen LogP contribution in [0.5, 0.6) is 5.75 Å². The molecule has 5 heteroatoms. The van der Waals surface area contributed by atoms with E-state index in [9.17, 15) is 0 Å². The number of hydrogen-bond donors (Lipinski definition) is 1. The number of nitrogens with one attached hydrogen (secondary N) is 1. The first-order valence-electron chi connectivity index (χ1n) is 5.62. The molecular weight excluding hydrogens is 396 g/mol. The topological polar surface area (TPSA) is 21.3 Å². The predicted octanol–water partition coefficient (Wildman–Crippen LogP) is 5.22. The second kappa shape index (κ2) is 6.68. The molecule has 0 heterocycles. The predicted molar refractivity (Wildman–Crippen MR) is 89.5 cm³/mol. The molecule has 0 aromatic heterocycles. The summed E-state index contributed by atoms with van der Waals surface area (Å²) >= 11 is 14.6. The van der Waals surface area contributed by atoms with Crippen molar-refractivity contribution in [1.82, 2.24) is 0 Å². The van der Waals surface area contributed by atoms with Crippen molar-refractivity contribution in [1.29, 1.82) is 0 Å². The van der Waals surface area contributed by atoms with Crippen molar-refractivity contribution in [2.24, 2.45) is 0 Å². The van der Waals surface area contributed by atoms with Crippen LogP contribution in [0.15, 0.2) is 36.4 Å². The van der Waals surface area contributed by atoms with E-state index in [1.807, 2.05) is 36.4 Å². The molecule has 2 aromatic carbocycles. The van der Waals surface area contributed by atoms with E-state index in [2.05, 4.69) is 27.9 Å². The maximum atomic E-state index is 6.19. The Morgan fingerprint density at radius 2 is 1.95 bits per heavy atom. The van der Waals surface area contributed by atoms with Crippen LogP contribution in [0, 0.1) is 3.57 Å². The molecule has 19 heavy (non-hydrogen) atoms. The number of anilines is 1. The summed E-state index contributed by atoms with van der Waals surface area (Å²) in [6, 6.07) is 11.5. The van der Waals surface area contributed by atoms with Gasteiger partial charge in [-0.25, -0.2) is 0 Å². The van der Waals surface area contributed by atoms with E-state index in [1.54, 1.807) is 7.11 Å². The molecule has 0 unspecified atom stereocenters. The molecule has 0 bridgehead atoms. The average Bonchev–Trinajstić information content (AvgIpc) is 2.39. The van der Waals surface area contributed by atoms with Crippen LogP contribution in [0.4, 0.5) is 5.69 Å². The third-order valence-corrected chi connectivity index (χ3v) is 4.02. The average molecular weight is 408 g/mol. The van der Waals surface area contributed by atoms with Crippen LogP contribution in [-0.4, -0.2) is 7.11 Å². The highest BCUT2D eigenvalue weighted by Gasteiger charge is 2.08. The number of halogens is 3. The fraction of sp³-hybridized carbons (Fsp3) is 0.143. The van der Waals surface area contributed by atoms with Gasteiger partial charge in [-0.3, -0.25) is 0 Å². The molecule has 100 valence electrons. The molecule has 0 aliphatic rings. The van der Waals surface area contributed by atoms with E-state index >= 15 is 0 Å². The van der Waals surface area contributed by atoms with E-state index in [0.29, 0.717) is 16.6 Å². The summed E-state index contributed by atoms with van der Waals surface area (Å²) in [6.45, 7) is 0.559. The monoisotopic (exact) mass is 407 g/mol. The first kappa shape index (κ1) is 14.8. The van der Waals surface area contributed by atoms with Crippen LogP contribution < -0.4 is 10.1 Å². The molecule has 0 spiro atoms. The van der Waals surface area contributed by atoms with Gasteiger partial charge in [0.05, 0.1) is 17.8 Å². The molecule has 0 radical (unpaired) electrons. The molecule has 0 aliphatic heterocycles. The lowest BCUT2D eigenvalue weighted by Crippen LogP contribution is -2.03. The highest BCUT2D eigenvalue weighted by atomic mass is 127. The summed E-state index contributed by atoms with van der Waals surface area (Å²) in [5, 5.41) is 4.64. The minimum Gasteiger partial charge on any atom is -0.496 e. The molecule has 0 amide bonds. The highest BCUT2D eigenvalue weighted by molar-refractivity contribution is 14.1. The van der Waals surface area contributed by atoms with Crippen LogP contribution in [-0.2, 0) is 6.54 Å². The van der Waals surface area contributed by atoms with Crippen LogP contribution in [0.25, 0.3) is 0 Å².